The molecule has 8 heteroatoms. The minimum Gasteiger partial charge on any atom is -0.460 e. The number of pyridine rings is 1. The number of halogens is 1. The van der Waals surface area contributed by atoms with Crippen LogP contribution in [0.25, 0.3) is 0 Å². The summed E-state index contributed by atoms with van der Waals surface area (Å²) in [6.07, 6.45) is 3.65. The Bertz CT molecular complexity index is 880. The lowest BCUT2D eigenvalue weighted by Crippen LogP contribution is -2.39. The van der Waals surface area contributed by atoms with Crippen molar-refractivity contribution in [2.45, 2.75) is 25.4 Å². The third kappa shape index (κ3) is 4.59. The van der Waals surface area contributed by atoms with Crippen LogP contribution in [-0.4, -0.2) is 42.6 Å². The van der Waals surface area contributed by atoms with E-state index >= 15 is 0 Å². The van der Waals surface area contributed by atoms with Crippen molar-refractivity contribution in [3.8, 4) is 11.6 Å². The van der Waals surface area contributed by atoms with Crippen molar-refractivity contribution in [2.24, 2.45) is 5.41 Å². The van der Waals surface area contributed by atoms with Crippen LogP contribution in [0.1, 0.15) is 29.6 Å². The van der Waals surface area contributed by atoms with Crippen molar-refractivity contribution < 1.29 is 19.1 Å². The molecule has 2 N–H and O–H groups in total. The van der Waals surface area contributed by atoms with Gasteiger partial charge in [0.2, 0.25) is 5.88 Å². The number of carbonyl (C=O) groups excluding carboxylic acids is 2. The molecule has 0 aliphatic carbocycles. The quantitative estimate of drug-likeness (QED) is 0.667. The molecule has 0 bridgehead atoms. The Balaban J connectivity index is 1.30. The molecule has 0 saturated carbocycles. The Kier molecular flexibility index (Phi) is 5.82. The first-order valence-corrected chi connectivity index (χ1v) is 10.4. The summed E-state index contributed by atoms with van der Waals surface area (Å²) in [7, 11) is 0. The molecular formula is C21H22BrN3O4. The highest BCUT2D eigenvalue weighted by molar-refractivity contribution is 9.10. The molecule has 4 rings (SSSR count). The molecule has 2 aliphatic heterocycles. The fraction of sp³-hybridized carbons (Fsp3) is 0.381. The largest absolute Gasteiger partial charge is 0.460 e. The zero-order chi connectivity index (χ0) is 20.3. The van der Waals surface area contributed by atoms with Crippen molar-refractivity contribution >= 4 is 27.8 Å². The highest BCUT2D eigenvalue weighted by Crippen LogP contribution is 2.41. The van der Waals surface area contributed by atoms with Gasteiger partial charge in [-0.15, -0.1) is 0 Å². The number of hydrogen-bond donors (Lipinski definition) is 2. The summed E-state index contributed by atoms with van der Waals surface area (Å²) in [5.74, 6) is 0.733. The summed E-state index contributed by atoms with van der Waals surface area (Å²) < 4.78 is 12.1. The Morgan fingerprint density at radius 1 is 1.24 bits per heavy atom. The molecule has 1 unspecified atom stereocenters. The zero-order valence-electron chi connectivity index (χ0n) is 15.8. The number of nitrogens with one attached hydrogen (secondary N) is 2. The molecule has 1 aromatic carbocycles. The number of cyclic esters (lactones) is 1. The van der Waals surface area contributed by atoms with Gasteiger partial charge in [-0.25, -0.2) is 4.98 Å². The van der Waals surface area contributed by atoms with Crippen molar-refractivity contribution in [3.63, 3.8) is 0 Å². The molecule has 152 valence electrons. The van der Waals surface area contributed by atoms with Crippen molar-refractivity contribution in [1.29, 1.82) is 0 Å². The molecule has 0 radical (unpaired) electrons. The van der Waals surface area contributed by atoms with Crippen LogP contribution in [0.2, 0.25) is 0 Å². The van der Waals surface area contributed by atoms with Crippen LogP contribution in [0.3, 0.4) is 0 Å². The van der Waals surface area contributed by atoms with Gasteiger partial charge in [0.25, 0.3) is 5.91 Å². The average molecular weight is 460 g/mol. The Morgan fingerprint density at radius 2 is 2.00 bits per heavy atom. The maximum absolute atomic E-state index is 12.4. The van der Waals surface area contributed by atoms with Gasteiger partial charge < -0.3 is 20.1 Å². The molecule has 7 nitrogen and oxygen atoms in total. The van der Waals surface area contributed by atoms with E-state index in [1.54, 1.807) is 36.5 Å². The van der Waals surface area contributed by atoms with Crippen LogP contribution >= 0.6 is 15.9 Å². The average Bonchev–Trinajstić information content (AvgIpc) is 3.03. The first-order valence-electron chi connectivity index (χ1n) is 9.64. The van der Waals surface area contributed by atoms with Gasteiger partial charge in [0.1, 0.15) is 11.9 Å². The van der Waals surface area contributed by atoms with E-state index in [9.17, 15) is 9.59 Å². The minimum absolute atomic E-state index is 0.124. The maximum atomic E-state index is 12.4. The number of rotatable bonds is 5. The number of carbonyl (C=O) groups is 2. The van der Waals surface area contributed by atoms with Gasteiger partial charge in [-0.2, -0.15) is 0 Å². The van der Waals surface area contributed by atoms with Gasteiger partial charge in [-0.05, 0) is 72.2 Å². The predicted molar refractivity (Wildman–Crippen MR) is 110 cm³/mol. The minimum atomic E-state index is -0.374. The molecule has 1 aromatic heterocycles. The normalized spacial score (nSPS) is 20.3. The number of benzene rings is 1. The summed E-state index contributed by atoms with van der Waals surface area (Å²) in [6, 6.07) is 10.4. The van der Waals surface area contributed by atoms with Crippen molar-refractivity contribution in [2.75, 3.05) is 19.6 Å². The van der Waals surface area contributed by atoms with Gasteiger partial charge in [-0.1, -0.05) is 0 Å². The van der Waals surface area contributed by atoms with E-state index < -0.39 is 0 Å². The molecule has 2 aromatic rings. The summed E-state index contributed by atoms with van der Waals surface area (Å²) in [6.45, 7) is 1.98. The van der Waals surface area contributed by atoms with E-state index in [4.69, 9.17) is 9.47 Å². The first-order chi connectivity index (χ1) is 14.0. The van der Waals surface area contributed by atoms with Crippen LogP contribution in [0.15, 0.2) is 47.1 Å². The highest BCUT2D eigenvalue weighted by atomic mass is 79.9. The second-order valence-electron chi connectivity index (χ2n) is 7.41. The lowest BCUT2D eigenvalue weighted by Gasteiger charge is -2.29. The molecule has 2 saturated heterocycles. The van der Waals surface area contributed by atoms with Crippen molar-refractivity contribution in [3.05, 3.63) is 52.6 Å². The Morgan fingerprint density at radius 3 is 2.69 bits per heavy atom. The van der Waals surface area contributed by atoms with Crippen molar-refractivity contribution in [1.82, 2.24) is 15.6 Å². The van der Waals surface area contributed by atoms with Crippen LogP contribution in [0.4, 0.5) is 0 Å². The fourth-order valence-electron chi connectivity index (χ4n) is 3.79. The van der Waals surface area contributed by atoms with Gasteiger partial charge >= 0.3 is 5.97 Å². The molecule has 1 amide bonds. The fourth-order valence-corrected chi connectivity index (χ4v) is 4.03. The van der Waals surface area contributed by atoms with E-state index in [0.717, 1.165) is 30.4 Å². The topological polar surface area (TPSA) is 89.6 Å². The summed E-state index contributed by atoms with van der Waals surface area (Å²) >= 11 is 3.33. The molecule has 1 spiro atoms. The lowest BCUT2D eigenvalue weighted by atomic mass is 9.76. The number of nitrogens with zero attached hydrogens (tertiary/aromatic N) is 1. The van der Waals surface area contributed by atoms with E-state index in [1.165, 1.54) is 0 Å². The second-order valence-corrected chi connectivity index (χ2v) is 8.33. The number of ether oxygens (including phenoxy) is 2. The third-order valence-corrected chi connectivity index (χ3v) is 5.88. The van der Waals surface area contributed by atoms with Crippen LogP contribution < -0.4 is 15.4 Å². The van der Waals surface area contributed by atoms with Crippen LogP contribution in [-0.2, 0) is 9.53 Å². The smallest absolute Gasteiger partial charge is 0.312 e. The first kappa shape index (κ1) is 19.8. The number of esters is 1. The van der Waals surface area contributed by atoms with Gasteiger partial charge in [-0.3, -0.25) is 9.59 Å². The second kappa shape index (κ2) is 8.51. The van der Waals surface area contributed by atoms with Gasteiger partial charge in [0.05, 0.1) is 12.0 Å². The number of aromatic nitrogens is 1. The molecule has 29 heavy (non-hydrogen) atoms. The number of amides is 1. The number of hydrogen-bond acceptors (Lipinski definition) is 6. The van der Waals surface area contributed by atoms with Crippen LogP contribution in [0.5, 0.6) is 11.6 Å². The third-order valence-electron chi connectivity index (χ3n) is 5.42. The van der Waals surface area contributed by atoms with E-state index in [1.807, 2.05) is 6.07 Å². The zero-order valence-corrected chi connectivity index (χ0v) is 17.4. The maximum Gasteiger partial charge on any atom is 0.312 e. The molecule has 3 heterocycles. The highest BCUT2D eigenvalue weighted by Gasteiger charge is 2.49. The standard InChI is InChI=1S/C21H22BrN3O4/c22-15-3-6-18(24-12-15)28-16-4-1-14(2-5-16)19(26)25-13-17-11-21(20(27)29-17)7-9-23-10-8-21/h1-6,12,17,23H,7-11,13H2,(H,25,26). The SMILES string of the molecule is O=C(NCC1CC2(CCNCC2)C(=O)O1)c1ccc(Oc2ccc(Br)cn2)cc1. The molecule has 1 atom stereocenters. The van der Waals surface area contributed by atoms with E-state index in [0.29, 0.717) is 30.2 Å². The van der Waals surface area contributed by atoms with Crippen LogP contribution in [0, 0.1) is 5.41 Å². The van der Waals surface area contributed by atoms with E-state index in [2.05, 4.69) is 31.5 Å². The van der Waals surface area contributed by atoms with Gasteiger partial charge in [0, 0.05) is 28.7 Å². The summed E-state index contributed by atoms with van der Waals surface area (Å²) in [4.78, 5) is 28.9. The van der Waals surface area contributed by atoms with Gasteiger partial charge in [0.15, 0.2) is 0 Å². The molecule has 2 fully saturated rings. The summed E-state index contributed by atoms with van der Waals surface area (Å²) in [5.41, 5.74) is 0.141. The molecule has 2 aliphatic rings. The lowest BCUT2D eigenvalue weighted by molar-refractivity contribution is -0.149. The number of piperidine rings is 1. The Labute approximate surface area is 177 Å². The monoisotopic (exact) mass is 459 g/mol. The van der Waals surface area contributed by atoms with E-state index in [-0.39, 0.29) is 23.4 Å². The molecular weight excluding hydrogens is 438 g/mol. The Hall–Kier alpha value is -2.45. The summed E-state index contributed by atoms with van der Waals surface area (Å²) in [5, 5.41) is 6.14. The predicted octanol–water partition coefficient (Wildman–Crippen LogP) is 3.05.